The summed E-state index contributed by atoms with van der Waals surface area (Å²) in [5.41, 5.74) is 1.37. The molecule has 0 N–H and O–H groups in total. The predicted molar refractivity (Wildman–Crippen MR) is 114 cm³/mol. The number of hydrogen-bond donors (Lipinski definition) is 0. The van der Waals surface area contributed by atoms with E-state index in [9.17, 15) is 10.1 Å². The van der Waals surface area contributed by atoms with Gasteiger partial charge in [-0.25, -0.2) is 0 Å². The van der Waals surface area contributed by atoms with Gasteiger partial charge >= 0.3 is 0 Å². The average Bonchev–Trinajstić information content (AvgIpc) is 3.45. The maximum atomic E-state index is 11.9. The summed E-state index contributed by atoms with van der Waals surface area (Å²) in [7, 11) is 0. The van der Waals surface area contributed by atoms with Gasteiger partial charge in [-0.05, 0) is 31.2 Å². The third-order valence-corrected chi connectivity index (χ3v) is 5.21. The van der Waals surface area contributed by atoms with Crippen LogP contribution in [0.3, 0.4) is 0 Å². The number of amides is 1. The molecule has 4 rings (SSSR count). The number of oxazole rings is 1. The van der Waals surface area contributed by atoms with Crippen LogP contribution in [0.2, 0.25) is 0 Å². The smallest absolute Gasteiger partial charge is 0.266 e. The number of anilines is 1. The number of hydrogen-bond acceptors (Lipinski definition) is 7. The van der Waals surface area contributed by atoms with E-state index in [4.69, 9.17) is 13.6 Å². The molecular weight excluding hydrogens is 396 g/mol. The molecule has 0 unspecified atom stereocenters. The van der Waals surface area contributed by atoms with Gasteiger partial charge in [-0.1, -0.05) is 24.6 Å². The number of carbonyl (C=O) groups excluding carboxylic acids is 1. The Morgan fingerprint density at radius 2 is 1.87 bits per heavy atom. The Bertz CT molecular complexity index is 1090. The maximum Gasteiger partial charge on any atom is 0.266 e. The molecule has 2 aromatic heterocycles. The Morgan fingerprint density at radius 1 is 1.13 bits per heavy atom. The van der Waals surface area contributed by atoms with Crippen molar-refractivity contribution < 1.29 is 18.4 Å². The van der Waals surface area contributed by atoms with Gasteiger partial charge in [0, 0.05) is 32.6 Å². The summed E-state index contributed by atoms with van der Waals surface area (Å²) in [5, 5.41) is 9.51. The summed E-state index contributed by atoms with van der Waals surface area (Å²) in [6, 6.07) is 13.4. The lowest BCUT2D eigenvalue weighted by Gasteiger charge is -2.34. The molecular formula is C23H24N4O4. The van der Waals surface area contributed by atoms with E-state index >= 15 is 0 Å². The highest BCUT2D eigenvalue weighted by Crippen LogP contribution is 2.30. The minimum atomic E-state index is 0.134. The number of nitrogens with zero attached hydrogens (tertiary/aromatic N) is 4. The van der Waals surface area contributed by atoms with Crippen LogP contribution >= 0.6 is 0 Å². The highest BCUT2D eigenvalue weighted by Gasteiger charge is 2.26. The topological polar surface area (TPSA) is 95.7 Å². The molecule has 1 aliphatic heterocycles. The molecule has 0 bridgehead atoms. The number of piperazine rings is 1. The van der Waals surface area contributed by atoms with Crippen LogP contribution in [-0.4, -0.2) is 42.0 Å². The molecule has 1 fully saturated rings. The molecule has 1 amide bonds. The van der Waals surface area contributed by atoms with Crippen LogP contribution in [0, 0.1) is 18.3 Å². The molecule has 1 aromatic carbocycles. The van der Waals surface area contributed by atoms with Gasteiger partial charge in [0.1, 0.15) is 24.2 Å². The SMILES string of the molecule is CCC(=O)N1CCN(c2oc(-c3ccc(COc4ccc(C)cc4)o3)nc2C#N)CC1. The van der Waals surface area contributed by atoms with Crippen molar-refractivity contribution in [1.82, 2.24) is 9.88 Å². The zero-order valence-electron chi connectivity index (χ0n) is 17.6. The predicted octanol–water partition coefficient (Wildman–Crippen LogP) is 3.75. The third kappa shape index (κ3) is 4.56. The van der Waals surface area contributed by atoms with E-state index in [0.717, 1.165) is 5.75 Å². The van der Waals surface area contributed by atoms with E-state index in [0.29, 0.717) is 50.0 Å². The van der Waals surface area contributed by atoms with E-state index in [2.05, 4.69) is 11.1 Å². The van der Waals surface area contributed by atoms with Gasteiger partial charge in [0.15, 0.2) is 5.76 Å². The second-order valence-electron chi connectivity index (χ2n) is 7.37. The van der Waals surface area contributed by atoms with E-state index in [1.807, 2.05) is 47.9 Å². The normalized spacial score (nSPS) is 13.8. The van der Waals surface area contributed by atoms with Crippen molar-refractivity contribution in [3.8, 4) is 23.5 Å². The molecule has 0 atom stereocenters. The summed E-state index contributed by atoms with van der Waals surface area (Å²) in [4.78, 5) is 20.0. The zero-order valence-corrected chi connectivity index (χ0v) is 17.6. The van der Waals surface area contributed by atoms with Crippen molar-refractivity contribution in [1.29, 1.82) is 5.26 Å². The molecule has 31 heavy (non-hydrogen) atoms. The zero-order chi connectivity index (χ0) is 21.8. The fourth-order valence-electron chi connectivity index (χ4n) is 3.45. The van der Waals surface area contributed by atoms with Crippen molar-refractivity contribution in [3.05, 3.63) is 53.4 Å². The van der Waals surface area contributed by atoms with Crippen LogP contribution in [0.4, 0.5) is 5.88 Å². The average molecular weight is 420 g/mol. The first-order valence-corrected chi connectivity index (χ1v) is 10.3. The van der Waals surface area contributed by atoms with E-state index in [1.165, 1.54) is 5.56 Å². The van der Waals surface area contributed by atoms with Crippen LogP contribution in [0.15, 0.2) is 45.2 Å². The van der Waals surface area contributed by atoms with Gasteiger partial charge in [-0.3, -0.25) is 4.79 Å². The summed E-state index contributed by atoms with van der Waals surface area (Å²) < 4.78 is 17.5. The maximum absolute atomic E-state index is 11.9. The quantitative estimate of drug-likeness (QED) is 0.599. The highest BCUT2D eigenvalue weighted by atomic mass is 16.5. The molecule has 1 saturated heterocycles. The summed E-state index contributed by atoms with van der Waals surface area (Å²) in [6.45, 7) is 6.51. The van der Waals surface area contributed by atoms with Gasteiger partial charge in [-0.2, -0.15) is 10.2 Å². The van der Waals surface area contributed by atoms with Crippen LogP contribution < -0.4 is 9.64 Å². The Morgan fingerprint density at radius 3 is 2.55 bits per heavy atom. The van der Waals surface area contributed by atoms with Crippen molar-refractivity contribution in [3.63, 3.8) is 0 Å². The fraction of sp³-hybridized carbons (Fsp3) is 0.348. The lowest BCUT2D eigenvalue weighted by Crippen LogP contribution is -2.48. The number of furan rings is 1. The number of rotatable bonds is 6. The first-order chi connectivity index (χ1) is 15.1. The Hall–Kier alpha value is -3.73. The number of carbonyl (C=O) groups is 1. The fourth-order valence-corrected chi connectivity index (χ4v) is 3.45. The summed E-state index contributed by atoms with van der Waals surface area (Å²) in [5.74, 6) is 2.62. The molecule has 3 aromatic rings. The molecule has 0 aliphatic carbocycles. The largest absolute Gasteiger partial charge is 0.486 e. The second-order valence-corrected chi connectivity index (χ2v) is 7.37. The van der Waals surface area contributed by atoms with Crippen LogP contribution in [0.5, 0.6) is 5.75 Å². The van der Waals surface area contributed by atoms with Gasteiger partial charge < -0.3 is 23.4 Å². The molecule has 160 valence electrons. The van der Waals surface area contributed by atoms with Gasteiger partial charge in [0.2, 0.25) is 17.5 Å². The van der Waals surface area contributed by atoms with Crippen molar-refractivity contribution in [2.45, 2.75) is 26.9 Å². The Balaban J connectivity index is 1.44. The molecule has 0 spiro atoms. The Labute approximate surface area is 180 Å². The van der Waals surface area contributed by atoms with E-state index in [-0.39, 0.29) is 24.1 Å². The minimum absolute atomic E-state index is 0.134. The lowest BCUT2D eigenvalue weighted by atomic mass is 10.2. The van der Waals surface area contributed by atoms with E-state index in [1.54, 1.807) is 12.1 Å². The molecule has 3 heterocycles. The van der Waals surface area contributed by atoms with Crippen LogP contribution in [0.25, 0.3) is 11.7 Å². The first-order valence-electron chi connectivity index (χ1n) is 10.3. The molecule has 8 heteroatoms. The summed E-state index contributed by atoms with van der Waals surface area (Å²) >= 11 is 0. The lowest BCUT2D eigenvalue weighted by molar-refractivity contribution is -0.131. The van der Waals surface area contributed by atoms with Crippen molar-refractivity contribution in [2.24, 2.45) is 0 Å². The monoisotopic (exact) mass is 420 g/mol. The van der Waals surface area contributed by atoms with Crippen molar-refractivity contribution in [2.75, 3.05) is 31.1 Å². The number of aromatic nitrogens is 1. The molecule has 0 saturated carbocycles. The number of aryl methyl sites for hydroxylation is 1. The standard InChI is InChI=1S/C23H24N4O4/c1-3-21(28)26-10-12-27(13-11-26)23-19(14-24)25-22(31-23)20-9-8-18(30-20)15-29-17-6-4-16(2)5-7-17/h4-9H,3,10-13,15H2,1-2H3. The number of benzene rings is 1. The van der Waals surface area contributed by atoms with Crippen molar-refractivity contribution >= 4 is 11.8 Å². The second kappa shape index (κ2) is 8.96. The van der Waals surface area contributed by atoms with Gasteiger partial charge in [-0.15, -0.1) is 0 Å². The van der Waals surface area contributed by atoms with Crippen LogP contribution in [0.1, 0.15) is 30.4 Å². The van der Waals surface area contributed by atoms with Crippen LogP contribution in [-0.2, 0) is 11.4 Å². The highest BCUT2D eigenvalue weighted by molar-refractivity contribution is 5.76. The minimum Gasteiger partial charge on any atom is -0.486 e. The van der Waals surface area contributed by atoms with E-state index < -0.39 is 0 Å². The number of ether oxygens (including phenoxy) is 1. The first kappa shape index (κ1) is 20.5. The Kier molecular flexibility index (Phi) is 5.94. The third-order valence-electron chi connectivity index (χ3n) is 5.21. The van der Waals surface area contributed by atoms with Gasteiger partial charge in [0.05, 0.1) is 0 Å². The summed E-state index contributed by atoms with van der Waals surface area (Å²) in [6.07, 6.45) is 0.490. The number of nitriles is 1. The van der Waals surface area contributed by atoms with Gasteiger partial charge in [0.25, 0.3) is 5.89 Å². The molecule has 8 nitrogen and oxygen atoms in total. The molecule has 1 aliphatic rings. The molecule has 0 radical (unpaired) electrons.